The van der Waals surface area contributed by atoms with E-state index >= 15 is 0 Å². The van der Waals surface area contributed by atoms with Crippen molar-refractivity contribution >= 4 is 18.0 Å². The van der Waals surface area contributed by atoms with Crippen LogP contribution in [0.5, 0.6) is 0 Å². The third-order valence-corrected chi connectivity index (χ3v) is 2.71. The zero-order valence-electron chi connectivity index (χ0n) is 11.3. The molecule has 8 nitrogen and oxygen atoms in total. The van der Waals surface area contributed by atoms with Gasteiger partial charge in [0, 0.05) is 11.1 Å². The Labute approximate surface area is 125 Å². The van der Waals surface area contributed by atoms with Gasteiger partial charge in [-0.2, -0.15) is 5.10 Å². The molecule has 0 bridgehead atoms. The molecular weight excluding hydrogens is 290 g/mol. The monoisotopic (exact) mass is 303 g/mol. The smallest absolute Gasteiger partial charge is 0.274 e. The van der Waals surface area contributed by atoms with Crippen LogP contribution in [0.25, 0.3) is 0 Å². The van der Waals surface area contributed by atoms with Gasteiger partial charge in [-0.05, 0) is 36.4 Å². The maximum absolute atomic E-state index is 11.8. The Morgan fingerprint density at radius 1 is 1.09 bits per heavy atom. The second-order valence-electron chi connectivity index (χ2n) is 4.18. The van der Waals surface area contributed by atoms with Gasteiger partial charge in [-0.3, -0.25) is 14.8 Å². The van der Waals surface area contributed by atoms with Gasteiger partial charge < -0.3 is 9.52 Å². The van der Waals surface area contributed by atoms with Crippen molar-refractivity contribution in [2.75, 3.05) is 0 Å². The predicted octanol–water partition coefficient (Wildman–Crippen LogP) is 0.655. The molecule has 0 spiro atoms. The van der Waals surface area contributed by atoms with Gasteiger partial charge >= 0.3 is 0 Å². The molecule has 0 saturated carbocycles. The molecule has 8 heteroatoms. The number of aliphatic hydroxyl groups is 1. The Hall–Kier alpha value is -2.97. The van der Waals surface area contributed by atoms with Gasteiger partial charge in [0.05, 0.1) is 6.21 Å². The van der Waals surface area contributed by atoms with Gasteiger partial charge in [-0.1, -0.05) is 0 Å². The molecule has 1 aromatic heterocycles. The molecule has 0 aliphatic heterocycles. The molecule has 0 saturated heterocycles. The highest BCUT2D eigenvalue weighted by Gasteiger charge is 2.07. The number of rotatable bonds is 5. The molecule has 1 aromatic carbocycles. The molecule has 1 heterocycles. The van der Waals surface area contributed by atoms with Crippen molar-refractivity contribution in [3.8, 4) is 0 Å². The predicted molar refractivity (Wildman–Crippen MR) is 75.4 cm³/mol. The fourth-order valence-corrected chi connectivity index (χ4v) is 1.61. The average molecular weight is 303 g/mol. The summed E-state index contributed by atoms with van der Waals surface area (Å²) < 4.78 is 5.16. The molecule has 0 aliphatic rings. The minimum absolute atomic E-state index is 0.214. The normalized spacial score (nSPS) is 10.6. The fraction of sp³-hybridized carbons (Fsp3) is 0.0714. The summed E-state index contributed by atoms with van der Waals surface area (Å²) in [7, 11) is 0. The number of hydroxylamine groups is 1. The number of hydrogen-bond donors (Lipinski definition) is 4. The first-order valence-electron chi connectivity index (χ1n) is 6.21. The topological polar surface area (TPSA) is 124 Å². The third kappa shape index (κ3) is 3.78. The molecule has 0 aliphatic carbocycles. The summed E-state index contributed by atoms with van der Waals surface area (Å²) in [5.41, 5.74) is 4.30. The Balaban J connectivity index is 1.95. The number of furan rings is 1. The summed E-state index contributed by atoms with van der Waals surface area (Å²) in [5.74, 6) is -0.353. The van der Waals surface area contributed by atoms with Crippen LogP contribution in [0, 0.1) is 0 Å². The van der Waals surface area contributed by atoms with Crippen molar-refractivity contribution in [1.29, 1.82) is 0 Å². The van der Waals surface area contributed by atoms with Crippen molar-refractivity contribution in [3.05, 3.63) is 59.0 Å². The number of hydrazone groups is 1. The first kappa shape index (κ1) is 15.4. The highest BCUT2D eigenvalue weighted by atomic mass is 16.5. The first-order valence-corrected chi connectivity index (χ1v) is 6.21. The molecule has 0 fully saturated rings. The van der Waals surface area contributed by atoms with Crippen LogP contribution in [0.1, 0.15) is 32.2 Å². The SMILES string of the molecule is O=C(NO)c1ccc(C(=O)N/N=C/c2ccc(CO)o2)cc1. The molecule has 2 rings (SSSR count). The van der Waals surface area contributed by atoms with Crippen LogP contribution in [0.3, 0.4) is 0 Å². The van der Waals surface area contributed by atoms with Crippen LogP contribution < -0.4 is 10.9 Å². The fourth-order valence-electron chi connectivity index (χ4n) is 1.61. The van der Waals surface area contributed by atoms with Crippen LogP contribution in [-0.2, 0) is 6.61 Å². The van der Waals surface area contributed by atoms with E-state index in [1.807, 2.05) is 0 Å². The van der Waals surface area contributed by atoms with Crippen LogP contribution >= 0.6 is 0 Å². The van der Waals surface area contributed by atoms with Crippen LogP contribution in [0.2, 0.25) is 0 Å². The van der Waals surface area contributed by atoms with Crippen molar-refractivity contribution < 1.29 is 24.3 Å². The summed E-state index contributed by atoms with van der Waals surface area (Å²) in [5, 5.41) is 21.0. The number of carbonyl (C=O) groups excluding carboxylic acids is 2. The molecule has 0 radical (unpaired) electrons. The van der Waals surface area contributed by atoms with Gasteiger partial charge in [0.1, 0.15) is 18.1 Å². The maximum atomic E-state index is 11.8. The lowest BCUT2D eigenvalue weighted by atomic mass is 10.1. The summed E-state index contributed by atoms with van der Waals surface area (Å²) in [6.07, 6.45) is 1.30. The standard InChI is InChI=1S/C14H13N3O5/c18-8-12-6-5-11(22-12)7-15-16-13(19)9-1-3-10(4-2-9)14(20)17-21/h1-7,18,21H,8H2,(H,16,19)(H,17,20)/b15-7+. The van der Waals surface area contributed by atoms with Crippen molar-refractivity contribution in [3.63, 3.8) is 0 Å². The second-order valence-corrected chi connectivity index (χ2v) is 4.18. The lowest BCUT2D eigenvalue weighted by Gasteiger charge is -2.01. The van der Waals surface area contributed by atoms with Crippen LogP contribution in [-0.4, -0.2) is 28.3 Å². The van der Waals surface area contributed by atoms with Gasteiger partial charge in [-0.15, -0.1) is 0 Å². The number of nitrogens with zero attached hydrogens (tertiary/aromatic N) is 1. The van der Waals surface area contributed by atoms with E-state index < -0.39 is 11.8 Å². The van der Waals surface area contributed by atoms with Crippen LogP contribution in [0.4, 0.5) is 0 Å². The van der Waals surface area contributed by atoms with E-state index in [0.29, 0.717) is 17.1 Å². The molecule has 0 atom stereocenters. The van der Waals surface area contributed by atoms with Gasteiger partial charge in [0.25, 0.3) is 11.8 Å². The molecule has 2 amide bonds. The Kier molecular flexibility index (Phi) is 5.02. The van der Waals surface area contributed by atoms with Crippen molar-refractivity contribution in [1.82, 2.24) is 10.9 Å². The minimum Gasteiger partial charge on any atom is -0.458 e. The maximum Gasteiger partial charge on any atom is 0.274 e. The quantitative estimate of drug-likeness (QED) is 0.367. The van der Waals surface area contributed by atoms with Crippen molar-refractivity contribution in [2.45, 2.75) is 6.61 Å². The molecular formula is C14H13N3O5. The van der Waals surface area contributed by atoms with E-state index in [0.717, 1.165) is 0 Å². The number of benzene rings is 1. The number of carbonyl (C=O) groups is 2. The second kappa shape index (κ2) is 7.16. The lowest BCUT2D eigenvalue weighted by molar-refractivity contribution is 0.0706. The highest BCUT2D eigenvalue weighted by molar-refractivity contribution is 5.97. The summed E-state index contributed by atoms with van der Waals surface area (Å²) in [6.45, 7) is -0.214. The first-order chi connectivity index (χ1) is 10.6. The molecule has 114 valence electrons. The van der Waals surface area contributed by atoms with E-state index in [4.69, 9.17) is 14.7 Å². The van der Waals surface area contributed by atoms with E-state index in [1.165, 1.54) is 36.0 Å². The van der Waals surface area contributed by atoms with Gasteiger partial charge in [0.2, 0.25) is 0 Å². The van der Waals surface area contributed by atoms with Gasteiger partial charge in [0.15, 0.2) is 0 Å². The summed E-state index contributed by atoms with van der Waals surface area (Å²) >= 11 is 0. The number of aliphatic hydroxyl groups excluding tert-OH is 1. The molecule has 22 heavy (non-hydrogen) atoms. The van der Waals surface area contributed by atoms with E-state index in [-0.39, 0.29) is 12.2 Å². The highest BCUT2D eigenvalue weighted by Crippen LogP contribution is 2.06. The number of hydrogen-bond acceptors (Lipinski definition) is 6. The van der Waals surface area contributed by atoms with E-state index in [1.54, 1.807) is 12.1 Å². The Bertz CT molecular complexity index is 691. The third-order valence-electron chi connectivity index (χ3n) is 2.71. The van der Waals surface area contributed by atoms with Crippen molar-refractivity contribution in [2.24, 2.45) is 5.10 Å². The van der Waals surface area contributed by atoms with Crippen LogP contribution in [0.15, 0.2) is 45.9 Å². The zero-order chi connectivity index (χ0) is 15.9. The number of nitrogens with one attached hydrogen (secondary N) is 2. The Morgan fingerprint density at radius 3 is 2.27 bits per heavy atom. The van der Waals surface area contributed by atoms with Gasteiger partial charge in [-0.25, -0.2) is 10.9 Å². The molecule has 4 N–H and O–H groups in total. The average Bonchev–Trinajstić information content (AvgIpc) is 3.02. The Morgan fingerprint density at radius 2 is 1.73 bits per heavy atom. The summed E-state index contributed by atoms with van der Waals surface area (Å²) in [4.78, 5) is 22.9. The molecule has 0 unspecified atom stereocenters. The molecule has 2 aromatic rings. The largest absolute Gasteiger partial charge is 0.458 e. The lowest BCUT2D eigenvalue weighted by Crippen LogP contribution is -2.20. The minimum atomic E-state index is -0.664. The summed E-state index contributed by atoms with van der Waals surface area (Å²) in [6, 6.07) is 8.82. The van der Waals surface area contributed by atoms with E-state index in [2.05, 4.69) is 10.5 Å². The number of amides is 2. The van der Waals surface area contributed by atoms with E-state index in [9.17, 15) is 9.59 Å². The zero-order valence-corrected chi connectivity index (χ0v) is 11.3.